The van der Waals surface area contributed by atoms with Crippen LogP contribution in [0.2, 0.25) is 0 Å². The van der Waals surface area contributed by atoms with Crippen LogP contribution in [0, 0.1) is 0 Å². The third-order valence-electron chi connectivity index (χ3n) is 2.94. The Bertz CT molecular complexity index is 605. The number of H-pyrrole nitrogens is 1. The highest BCUT2D eigenvalue weighted by atomic mass is 16.5. The van der Waals surface area contributed by atoms with Crippen LogP contribution in [-0.2, 0) is 6.54 Å². The highest BCUT2D eigenvalue weighted by Gasteiger charge is 2.03. The molecule has 0 aliphatic heterocycles. The number of aromatic nitrogens is 1. The third-order valence-corrected chi connectivity index (χ3v) is 2.94. The maximum atomic E-state index is 11.9. The average molecular weight is 258 g/mol. The van der Waals surface area contributed by atoms with Gasteiger partial charge >= 0.3 is 0 Å². The monoisotopic (exact) mass is 258 g/mol. The van der Waals surface area contributed by atoms with Gasteiger partial charge in [0.05, 0.1) is 7.11 Å². The van der Waals surface area contributed by atoms with Gasteiger partial charge in [-0.05, 0) is 24.7 Å². The zero-order valence-electron chi connectivity index (χ0n) is 11.2. The molecule has 2 aromatic rings. The first kappa shape index (κ1) is 13.4. The number of hydrogen-bond donors (Lipinski definition) is 2. The van der Waals surface area contributed by atoms with Crippen LogP contribution in [0.3, 0.4) is 0 Å². The first-order chi connectivity index (χ1) is 9.24. The Morgan fingerprint density at radius 1 is 1.26 bits per heavy atom. The van der Waals surface area contributed by atoms with Crippen LogP contribution in [0.15, 0.2) is 41.2 Å². The molecule has 19 heavy (non-hydrogen) atoms. The van der Waals surface area contributed by atoms with Crippen molar-refractivity contribution in [2.24, 2.45) is 0 Å². The van der Waals surface area contributed by atoms with Crippen molar-refractivity contribution in [1.82, 2.24) is 10.3 Å². The SMILES string of the molecule is CCNCc1ccc(-c2cccc(OC)c2)[nH]c1=O. The molecule has 0 aliphatic rings. The molecule has 1 heterocycles. The van der Waals surface area contributed by atoms with Crippen molar-refractivity contribution in [3.8, 4) is 17.0 Å². The second-order valence-corrected chi connectivity index (χ2v) is 4.24. The lowest BCUT2D eigenvalue weighted by atomic mass is 10.1. The summed E-state index contributed by atoms with van der Waals surface area (Å²) >= 11 is 0. The van der Waals surface area contributed by atoms with Gasteiger partial charge in [0.1, 0.15) is 5.75 Å². The van der Waals surface area contributed by atoms with Gasteiger partial charge in [0, 0.05) is 23.4 Å². The summed E-state index contributed by atoms with van der Waals surface area (Å²) in [5, 5.41) is 3.14. The van der Waals surface area contributed by atoms with Crippen molar-refractivity contribution in [3.05, 3.63) is 52.3 Å². The van der Waals surface area contributed by atoms with Gasteiger partial charge in [-0.3, -0.25) is 4.79 Å². The predicted molar refractivity (Wildman–Crippen MR) is 76.4 cm³/mol. The van der Waals surface area contributed by atoms with Crippen LogP contribution < -0.4 is 15.6 Å². The minimum absolute atomic E-state index is 0.0544. The lowest BCUT2D eigenvalue weighted by Gasteiger charge is -2.06. The van der Waals surface area contributed by atoms with Crippen LogP contribution in [0.5, 0.6) is 5.75 Å². The average Bonchev–Trinajstić information content (AvgIpc) is 2.46. The van der Waals surface area contributed by atoms with Gasteiger partial charge in [-0.25, -0.2) is 0 Å². The maximum Gasteiger partial charge on any atom is 0.252 e. The van der Waals surface area contributed by atoms with E-state index in [2.05, 4.69) is 10.3 Å². The van der Waals surface area contributed by atoms with E-state index in [1.807, 2.05) is 43.3 Å². The zero-order chi connectivity index (χ0) is 13.7. The topological polar surface area (TPSA) is 54.1 Å². The lowest BCUT2D eigenvalue weighted by Crippen LogP contribution is -2.20. The van der Waals surface area contributed by atoms with Crippen LogP contribution in [0.1, 0.15) is 12.5 Å². The summed E-state index contributed by atoms with van der Waals surface area (Å²) in [5.74, 6) is 0.773. The molecule has 0 fully saturated rings. The van der Waals surface area contributed by atoms with Gasteiger partial charge in [0.15, 0.2) is 0 Å². The van der Waals surface area contributed by atoms with E-state index in [9.17, 15) is 4.79 Å². The minimum atomic E-state index is -0.0544. The summed E-state index contributed by atoms with van der Waals surface area (Å²) in [7, 11) is 1.63. The van der Waals surface area contributed by atoms with Crippen LogP contribution in [0.4, 0.5) is 0 Å². The van der Waals surface area contributed by atoms with E-state index in [4.69, 9.17) is 4.74 Å². The molecule has 0 aliphatic carbocycles. The molecule has 1 aromatic carbocycles. The number of methoxy groups -OCH3 is 1. The van der Waals surface area contributed by atoms with E-state index >= 15 is 0 Å². The molecule has 4 nitrogen and oxygen atoms in total. The Labute approximate surface area is 112 Å². The summed E-state index contributed by atoms with van der Waals surface area (Å²) in [6.45, 7) is 3.44. The normalized spacial score (nSPS) is 10.4. The van der Waals surface area contributed by atoms with Crippen LogP contribution in [0.25, 0.3) is 11.3 Å². The lowest BCUT2D eigenvalue weighted by molar-refractivity contribution is 0.415. The van der Waals surface area contributed by atoms with Crippen molar-refractivity contribution in [2.45, 2.75) is 13.5 Å². The van der Waals surface area contributed by atoms with Crippen molar-refractivity contribution in [2.75, 3.05) is 13.7 Å². The first-order valence-corrected chi connectivity index (χ1v) is 6.32. The van der Waals surface area contributed by atoms with Crippen molar-refractivity contribution in [3.63, 3.8) is 0 Å². The van der Waals surface area contributed by atoms with Crippen molar-refractivity contribution < 1.29 is 4.74 Å². The molecule has 0 spiro atoms. The van der Waals surface area contributed by atoms with Crippen LogP contribution >= 0.6 is 0 Å². The number of rotatable bonds is 5. The second kappa shape index (κ2) is 6.20. The molecule has 0 unspecified atom stereocenters. The van der Waals surface area contributed by atoms with Gasteiger partial charge in [0.2, 0.25) is 0 Å². The summed E-state index contributed by atoms with van der Waals surface area (Å²) in [6, 6.07) is 11.4. The molecule has 100 valence electrons. The summed E-state index contributed by atoms with van der Waals surface area (Å²) in [6.07, 6.45) is 0. The molecular formula is C15H18N2O2. The van der Waals surface area contributed by atoms with E-state index in [0.717, 1.165) is 29.1 Å². The molecule has 2 rings (SSSR count). The minimum Gasteiger partial charge on any atom is -0.497 e. The van der Waals surface area contributed by atoms with E-state index in [1.165, 1.54) is 0 Å². The van der Waals surface area contributed by atoms with E-state index in [1.54, 1.807) is 7.11 Å². The van der Waals surface area contributed by atoms with Gasteiger partial charge in [-0.2, -0.15) is 0 Å². The van der Waals surface area contributed by atoms with Crippen molar-refractivity contribution in [1.29, 1.82) is 0 Å². The number of benzene rings is 1. The maximum absolute atomic E-state index is 11.9. The standard InChI is InChI=1S/C15H18N2O2/c1-3-16-10-12-7-8-14(17-15(12)18)11-5-4-6-13(9-11)19-2/h4-9,16H,3,10H2,1-2H3,(H,17,18). The summed E-state index contributed by atoms with van der Waals surface area (Å²) in [4.78, 5) is 14.8. The van der Waals surface area contributed by atoms with Gasteiger partial charge in [-0.15, -0.1) is 0 Å². The summed E-state index contributed by atoms with van der Waals surface area (Å²) in [5.41, 5.74) is 2.42. The molecule has 1 aromatic heterocycles. The fraction of sp³-hybridized carbons (Fsp3) is 0.267. The van der Waals surface area contributed by atoms with E-state index in [0.29, 0.717) is 6.54 Å². The number of pyridine rings is 1. The Balaban J connectivity index is 2.30. The van der Waals surface area contributed by atoms with Gasteiger partial charge in [-0.1, -0.05) is 25.1 Å². The molecule has 4 heteroatoms. The van der Waals surface area contributed by atoms with Gasteiger partial charge in [0.25, 0.3) is 5.56 Å². The van der Waals surface area contributed by atoms with E-state index < -0.39 is 0 Å². The zero-order valence-corrected chi connectivity index (χ0v) is 11.2. The molecule has 0 saturated heterocycles. The largest absolute Gasteiger partial charge is 0.497 e. The third kappa shape index (κ3) is 3.23. The Morgan fingerprint density at radius 2 is 2.11 bits per heavy atom. The Hall–Kier alpha value is -2.07. The van der Waals surface area contributed by atoms with Crippen molar-refractivity contribution >= 4 is 0 Å². The molecule has 0 atom stereocenters. The van der Waals surface area contributed by atoms with Gasteiger partial charge < -0.3 is 15.0 Å². The fourth-order valence-corrected chi connectivity index (χ4v) is 1.86. The molecule has 0 amide bonds. The Kier molecular flexibility index (Phi) is 4.36. The number of ether oxygens (including phenoxy) is 1. The molecule has 0 radical (unpaired) electrons. The highest BCUT2D eigenvalue weighted by Crippen LogP contribution is 2.21. The van der Waals surface area contributed by atoms with Crippen LogP contribution in [-0.4, -0.2) is 18.6 Å². The van der Waals surface area contributed by atoms with E-state index in [-0.39, 0.29) is 5.56 Å². The molecule has 0 saturated carbocycles. The highest BCUT2D eigenvalue weighted by molar-refractivity contribution is 5.61. The molecule has 0 bridgehead atoms. The predicted octanol–water partition coefficient (Wildman–Crippen LogP) is 2.16. The molecular weight excluding hydrogens is 240 g/mol. The summed E-state index contributed by atoms with van der Waals surface area (Å²) < 4.78 is 5.18. The number of nitrogens with one attached hydrogen (secondary N) is 2. The smallest absolute Gasteiger partial charge is 0.252 e. The number of hydrogen-bond acceptors (Lipinski definition) is 3. The molecule has 2 N–H and O–H groups in total. The second-order valence-electron chi connectivity index (χ2n) is 4.24. The quantitative estimate of drug-likeness (QED) is 0.864. The Morgan fingerprint density at radius 3 is 2.79 bits per heavy atom. The number of aromatic amines is 1. The fourth-order valence-electron chi connectivity index (χ4n) is 1.86. The first-order valence-electron chi connectivity index (χ1n) is 6.32.